The van der Waals surface area contributed by atoms with E-state index in [1.807, 2.05) is 0 Å². The van der Waals surface area contributed by atoms with Crippen LogP contribution in [0, 0.1) is 12.8 Å². The Balaban J connectivity index is 1.63. The number of benzene rings is 2. The highest BCUT2D eigenvalue weighted by atomic mass is 35.5. The van der Waals surface area contributed by atoms with Gasteiger partial charge >= 0.3 is 24.0 Å². The Bertz CT molecular complexity index is 1670. The number of fused-ring (bicyclic) bond motifs is 3. The van der Waals surface area contributed by atoms with Crippen LogP contribution in [0.15, 0.2) is 41.3 Å². The van der Waals surface area contributed by atoms with Crippen LogP contribution in [0.1, 0.15) is 60.8 Å². The Morgan fingerprint density at radius 2 is 1.54 bits per heavy atom. The van der Waals surface area contributed by atoms with Crippen LogP contribution in [0.2, 0.25) is 5.02 Å². The summed E-state index contributed by atoms with van der Waals surface area (Å²) in [4.78, 5) is 26.1. The van der Waals surface area contributed by atoms with Crippen molar-refractivity contribution in [3.05, 3.63) is 63.7 Å². The number of hydrogen-bond acceptors (Lipinski definition) is 4. The van der Waals surface area contributed by atoms with Gasteiger partial charge in [0.15, 0.2) is 9.84 Å². The molecule has 2 atom stereocenters. The second-order valence-corrected chi connectivity index (χ2v) is 14.8. The van der Waals surface area contributed by atoms with Crippen molar-refractivity contribution < 1.29 is 58.2 Å². The van der Waals surface area contributed by atoms with Crippen molar-refractivity contribution >= 4 is 33.3 Å². The maximum atomic E-state index is 15.0. The number of halogens is 9. The maximum Gasteiger partial charge on any atom is 0.435 e. The monoisotopic (exact) mass is 701 g/mol. The van der Waals surface area contributed by atoms with Gasteiger partial charge in [0.1, 0.15) is 4.75 Å². The molecule has 2 aromatic rings. The van der Waals surface area contributed by atoms with Gasteiger partial charge in [-0.15, -0.1) is 0 Å². The number of alkyl halides is 8. The molecule has 6 nitrogen and oxygen atoms in total. The molecule has 0 radical (unpaired) electrons. The maximum absolute atomic E-state index is 15.0. The van der Waals surface area contributed by atoms with Crippen molar-refractivity contribution in [2.45, 2.75) is 91.2 Å². The van der Waals surface area contributed by atoms with Crippen LogP contribution in [-0.2, 0) is 36.3 Å². The van der Waals surface area contributed by atoms with E-state index in [1.54, 1.807) is 6.92 Å². The average Bonchev–Trinajstić information content (AvgIpc) is 3.38. The third kappa shape index (κ3) is 4.98. The van der Waals surface area contributed by atoms with Gasteiger partial charge in [0.25, 0.3) is 0 Å². The number of rotatable bonds is 5. The Labute approximate surface area is 263 Å². The number of hydrogen-bond donors (Lipinski definition) is 1. The first kappa shape index (κ1) is 34.4. The molecule has 252 valence electrons. The van der Waals surface area contributed by atoms with Crippen molar-refractivity contribution in [3.63, 3.8) is 0 Å². The molecular formula is C30H28ClF8NO5S. The summed E-state index contributed by atoms with van der Waals surface area (Å²) in [6, 6.07) is 4.12. The first-order valence-electron chi connectivity index (χ1n) is 14.3. The Morgan fingerprint density at radius 1 is 0.935 bits per heavy atom. The van der Waals surface area contributed by atoms with Crippen LogP contribution in [0.3, 0.4) is 0 Å². The molecule has 0 bridgehead atoms. The van der Waals surface area contributed by atoms with E-state index in [1.165, 1.54) is 23.1 Å². The highest BCUT2D eigenvalue weighted by molar-refractivity contribution is 7.92. The van der Waals surface area contributed by atoms with Gasteiger partial charge in [-0.2, -0.15) is 26.3 Å². The van der Waals surface area contributed by atoms with Crippen LogP contribution in [0.5, 0.6) is 0 Å². The standard InChI is InChI=1S/C30H28ClF8NO5S/c1-16-2-5-20(15-22(16)31)46(44,45)27-12-13-40(24(41)17-8-10-26(32,11-9-17)25(42)43)23(27)7-3-18-14-19(4-6-21(18)27)28(33,29(34,35)36)30(37,38)39/h2,4-6,14-15,17,23H,3,7-13H2,1H3,(H,42,43)/t17-,23?,26+,27?. The van der Waals surface area contributed by atoms with Gasteiger partial charge in [-0.1, -0.05) is 35.9 Å². The van der Waals surface area contributed by atoms with E-state index in [-0.39, 0.29) is 65.8 Å². The van der Waals surface area contributed by atoms with Crippen LogP contribution in [0.25, 0.3) is 0 Å². The summed E-state index contributed by atoms with van der Waals surface area (Å²) in [5, 5.41) is 9.28. The largest absolute Gasteiger partial charge is 0.479 e. The lowest BCUT2D eigenvalue weighted by atomic mass is 9.76. The first-order valence-corrected chi connectivity index (χ1v) is 16.2. The Kier molecular flexibility index (Phi) is 8.27. The molecule has 1 aliphatic heterocycles. The minimum absolute atomic E-state index is 0.0687. The molecular weight excluding hydrogens is 674 g/mol. The van der Waals surface area contributed by atoms with Crippen LogP contribution in [0.4, 0.5) is 35.1 Å². The molecule has 1 N–H and O–H groups in total. The fraction of sp³-hybridized carbons (Fsp3) is 0.533. The number of amides is 1. The summed E-state index contributed by atoms with van der Waals surface area (Å²) in [7, 11) is -4.60. The minimum Gasteiger partial charge on any atom is -0.479 e. The normalized spacial score (nSPS) is 27.2. The highest BCUT2D eigenvalue weighted by Gasteiger charge is 2.74. The van der Waals surface area contributed by atoms with E-state index in [2.05, 4.69) is 0 Å². The number of sulfone groups is 1. The van der Waals surface area contributed by atoms with Crippen LogP contribution < -0.4 is 0 Å². The first-order chi connectivity index (χ1) is 21.1. The Hall–Kier alpha value is -2.94. The molecule has 5 rings (SSSR count). The number of carbonyl (C=O) groups is 2. The van der Waals surface area contributed by atoms with E-state index in [0.29, 0.717) is 11.6 Å². The molecule has 16 heteroatoms. The predicted octanol–water partition coefficient (Wildman–Crippen LogP) is 7.14. The molecule has 1 saturated carbocycles. The van der Waals surface area contributed by atoms with Gasteiger partial charge in [-0.25, -0.2) is 22.0 Å². The van der Waals surface area contributed by atoms with E-state index in [4.69, 9.17) is 11.6 Å². The topological polar surface area (TPSA) is 91.8 Å². The molecule has 1 amide bonds. The fourth-order valence-electron chi connectivity index (χ4n) is 7.22. The van der Waals surface area contributed by atoms with Gasteiger partial charge in [-0.3, -0.25) is 4.79 Å². The van der Waals surface area contributed by atoms with E-state index in [9.17, 15) is 53.8 Å². The van der Waals surface area contributed by atoms with Crippen molar-refractivity contribution in [1.29, 1.82) is 0 Å². The summed E-state index contributed by atoms with van der Waals surface area (Å²) in [5.41, 5.74) is -9.89. The molecule has 2 aliphatic carbocycles. The summed E-state index contributed by atoms with van der Waals surface area (Å²) >= 11 is 6.23. The van der Waals surface area contributed by atoms with Crippen molar-refractivity contribution in [2.24, 2.45) is 5.92 Å². The molecule has 2 unspecified atom stereocenters. The van der Waals surface area contributed by atoms with Gasteiger partial charge in [0, 0.05) is 23.0 Å². The number of aliphatic carboxylic acids is 1. The lowest BCUT2D eigenvalue weighted by Gasteiger charge is -2.44. The zero-order valence-electron chi connectivity index (χ0n) is 24.1. The molecule has 3 aliphatic rings. The lowest BCUT2D eigenvalue weighted by Crippen LogP contribution is -2.54. The van der Waals surface area contributed by atoms with Gasteiger partial charge in [0.05, 0.1) is 10.9 Å². The second-order valence-electron chi connectivity index (χ2n) is 12.2. The number of nitrogens with zero attached hydrogens (tertiary/aromatic N) is 1. The van der Waals surface area contributed by atoms with Gasteiger partial charge in [0.2, 0.25) is 11.6 Å². The molecule has 1 heterocycles. The predicted molar refractivity (Wildman–Crippen MR) is 148 cm³/mol. The van der Waals surface area contributed by atoms with Crippen molar-refractivity contribution in [3.8, 4) is 0 Å². The number of carboxylic acids is 1. The molecule has 0 aromatic heterocycles. The molecule has 2 aromatic carbocycles. The summed E-state index contributed by atoms with van der Waals surface area (Å²) < 4.78 is 138. The zero-order chi connectivity index (χ0) is 34.3. The van der Waals surface area contributed by atoms with Crippen molar-refractivity contribution in [2.75, 3.05) is 6.54 Å². The SMILES string of the molecule is Cc1ccc(S(=O)(=O)C23CCN(C(=O)[C@H]4CC[C@](F)(C(=O)O)CC4)C2CCc2cc(C(F)(C(F)(F)F)C(F)(F)F)ccc23)cc1Cl. The number of carbonyl (C=O) groups excluding carboxylic acids is 1. The third-order valence-corrected chi connectivity index (χ3v) is 12.7. The summed E-state index contributed by atoms with van der Waals surface area (Å²) in [6.45, 7) is 1.43. The van der Waals surface area contributed by atoms with Gasteiger partial charge < -0.3 is 10.0 Å². The van der Waals surface area contributed by atoms with Gasteiger partial charge in [-0.05, 0) is 80.7 Å². The molecule has 46 heavy (non-hydrogen) atoms. The van der Waals surface area contributed by atoms with Crippen LogP contribution in [-0.4, -0.2) is 60.9 Å². The highest BCUT2D eigenvalue weighted by Crippen LogP contribution is 2.57. The summed E-state index contributed by atoms with van der Waals surface area (Å²) in [6.07, 6.45) is -14.7. The number of aryl methyl sites for hydroxylation is 2. The quantitative estimate of drug-likeness (QED) is 0.335. The Morgan fingerprint density at radius 3 is 2.09 bits per heavy atom. The number of carboxylic acid groups (broad SMARTS) is 1. The fourth-order valence-corrected chi connectivity index (χ4v) is 9.85. The van der Waals surface area contributed by atoms with E-state index < -0.39 is 80.5 Å². The van der Waals surface area contributed by atoms with E-state index in [0.717, 1.165) is 6.07 Å². The summed E-state index contributed by atoms with van der Waals surface area (Å²) in [5.74, 6) is -3.06. The average molecular weight is 702 g/mol. The third-order valence-electron chi connectivity index (χ3n) is 9.79. The molecule has 2 fully saturated rings. The lowest BCUT2D eigenvalue weighted by molar-refractivity contribution is -0.348. The minimum atomic E-state index is -6.38. The number of likely N-dealkylation sites (tertiary alicyclic amines) is 1. The smallest absolute Gasteiger partial charge is 0.435 e. The second kappa shape index (κ2) is 11.1. The molecule has 0 spiro atoms. The van der Waals surface area contributed by atoms with Crippen molar-refractivity contribution in [1.82, 2.24) is 4.90 Å². The van der Waals surface area contributed by atoms with Crippen LogP contribution >= 0.6 is 11.6 Å². The van der Waals surface area contributed by atoms with E-state index >= 15 is 4.39 Å². The zero-order valence-corrected chi connectivity index (χ0v) is 25.7. The molecule has 1 saturated heterocycles.